The van der Waals surface area contributed by atoms with E-state index in [0.717, 1.165) is 23.6 Å². The van der Waals surface area contributed by atoms with Crippen molar-refractivity contribution in [3.63, 3.8) is 0 Å². The monoisotopic (exact) mass is 691 g/mol. The highest BCUT2D eigenvalue weighted by atomic mass is 16.6. The van der Waals surface area contributed by atoms with Crippen molar-refractivity contribution in [2.24, 2.45) is 11.8 Å². The molecular weight excluding hydrogens is 646 g/mol. The van der Waals surface area contributed by atoms with Crippen LogP contribution in [0, 0.1) is 11.8 Å². The molecule has 7 atom stereocenters. The second kappa shape index (κ2) is 14.8. The Labute approximate surface area is 298 Å². The van der Waals surface area contributed by atoms with Crippen molar-refractivity contribution >= 4 is 40.2 Å². The zero-order valence-electron chi connectivity index (χ0n) is 28.9. The van der Waals surface area contributed by atoms with Gasteiger partial charge in [-0.25, -0.2) is 0 Å². The number of carbonyl (C=O) groups is 4. The molecule has 0 saturated carbocycles. The summed E-state index contributed by atoms with van der Waals surface area (Å²) in [7, 11) is 0. The summed E-state index contributed by atoms with van der Waals surface area (Å²) in [6.07, 6.45) is 9.34. The molecule has 2 saturated heterocycles. The first-order valence-corrected chi connectivity index (χ1v) is 18.1. The summed E-state index contributed by atoms with van der Waals surface area (Å²) in [6, 6.07) is 21.5. The number of fused-ring (bicyclic) bond motifs is 3. The lowest BCUT2D eigenvalue weighted by Crippen LogP contribution is -2.56. The molecule has 266 valence electrons. The maximum absolute atomic E-state index is 15.1. The van der Waals surface area contributed by atoms with E-state index in [4.69, 9.17) is 9.47 Å². The van der Waals surface area contributed by atoms with Crippen LogP contribution in [-0.2, 0) is 28.7 Å². The van der Waals surface area contributed by atoms with Crippen LogP contribution in [-0.4, -0.2) is 77.2 Å². The molecule has 1 spiro atoms. The van der Waals surface area contributed by atoms with Crippen LogP contribution in [0.15, 0.2) is 97.1 Å². The van der Waals surface area contributed by atoms with Crippen LogP contribution in [0.25, 0.3) is 10.8 Å². The number of hydrogen-bond donors (Lipinski definition) is 2. The summed E-state index contributed by atoms with van der Waals surface area (Å²) in [4.78, 5) is 60.5. The number of amides is 3. The number of aliphatic hydroxyl groups is 1. The summed E-state index contributed by atoms with van der Waals surface area (Å²) in [5, 5.41) is 14.3. The standard InChI is InChI=1S/C41H45N3O7/c1-27-36(29-15-6-4-7-16-29)50-40(49)34-32-21-22-41(51-32)35(34)38(47)44(24-11-2-3-13-25-45)37(41)39(48)43(23-12-5-8-18-33(46)42-27)31-20-19-28-14-9-10-17-30(28)26-31/h4-7,9-10,12,14-17,19-22,26-27,32,34-37,45H,2-3,8,11,13,18,23-25H2,1H3,(H,42,46)/b12-5-/t27-,32+,34-,35-,36+,37+,41-/m1/s1. The molecule has 0 aromatic heterocycles. The van der Waals surface area contributed by atoms with E-state index in [2.05, 4.69) is 5.32 Å². The zero-order chi connectivity index (χ0) is 35.5. The number of likely N-dealkylation sites (tertiary alicyclic amines) is 1. The highest BCUT2D eigenvalue weighted by molar-refractivity contribution is 6.06. The van der Waals surface area contributed by atoms with Gasteiger partial charge in [-0.05, 0) is 54.7 Å². The number of allylic oxidation sites excluding steroid dienone is 1. The number of aliphatic hydroxyl groups excluding tert-OH is 1. The first kappa shape index (κ1) is 34.6. The van der Waals surface area contributed by atoms with Crippen LogP contribution in [0.5, 0.6) is 0 Å². The largest absolute Gasteiger partial charge is 0.455 e. The number of rotatable bonds is 8. The minimum atomic E-state index is -1.36. The highest BCUT2D eigenvalue weighted by Crippen LogP contribution is 2.56. The van der Waals surface area contributed by atoms with E-state index in [0.29, 0.717) is 37.1 Å². The van der Waals surface area contributed by atoms with Gasteiger partial charge in [-0.3, -0.25) is 19.2 Å². The molecule has 10 nitrogen and oxygen atoms in total. The number of nitrogens with one attached hydrogen (secondary N) is 1. The number of esters is 1. The number of ether oxygens (including phenoxy) is 2. The average Bonchev–Trinajstić information content (AvgIpc) is 3.78. The Morgan fingerprint density at radius 2 is 1.65 bits per heavy atom. The Hall–Kier alpha value is -4.80. The fraction of sp³-hybridized carbons (Fsp3) is 0.415. The lowest BCUT2D eigenvalue weighted by atomic mass is 9.74. The van der Waals surface area contributed by atoms with E-state index in [1.807, 2.05) is 91.0 Å². The van der Waals surface area contributed by atoms with E-state index in [9.17, 15) is 19.5 Å². The zero-order valence-corrected chi connectivity index (χ0v) is 28.9. The van der Waals surface area contributed by atoms with Gasteiger partial charge in [0.2, 0.25) is 11.8 Å². The Morgan fingerprint density at radius 3 is 2.45 bits per heavy atom. The number of benzene rings is 3. The van der Waals surface area contributed by atoms with Gasteiger partial charge in [0.15, 0.2) is 0 Å². The van der Waals surface area contributed by atoms with Crippen LogP contribution in [0.2, 0.25) is 0 Å². The Bertz CT molecular complexity index is 1840. The van der Waals surface area contributed by atoms with Gasteiger partial charge >= 0.3 is 5.97 Å². The van der Waals surface area contributed by atoms with E-state index in [1.165, 1.54) is 0 Å². The van der Waals surface area contributed by atoms with Crippen molar-refractivity contribution in [3.8, 4) is 0 Å². The fourth-order valence-electron chi connectivity index (χ4n) is 8.24. The molecule has 3 aromatic rings. The van der Waals surface area contributed by atoms with Crippen LogP contribution in [0.1, 0.15) is 57.1 Å². The molecule has 2 N–H and O–H groups in total. The summed E-state index contributed by atoms with van der Waals surface area (Å²) < 4.78 is 12.9. The van der Waals surface area contributed by atoms with E-state index >= 15 is 4.79 Å². The smallest absolute Gasteiger partial charge is 0.313 e. The topological polar surface area (TPSA) is 125 Å². The number of nitrogens with zero attached hydrogens (tertiary/aromatic N) is 2. The summed E-state index contributed by atoms with van der Waals surface area (Å²) in [5.74, 6) is -3.35. The third-order valence-corrected chi connectivity index (χ3v) is 10.7. The molecular formula is C41H45N3O7. The minimum Gasteiger partial charge on any atom is -0.455 e. The second-order valence-electron chi connectivity index (χ2n) is 14.0. The molecule has 4 heterocycles. The van der Waals surface area contributed by atoms with Crippen molar-refractivity contribution in [3.05, 3.63) is 103 Å². The molecule has 0 aliphatic carbocycles. The molecule has 0 radical (unpaired) electrons. The van der Waals surface area contributed by atoms with E-state index < -0.39 is 47.7 Å². The number of unbranched alkanes of at least 4 members (excludes halogenated alkanes) is 3. The Kier molecular flexibility index (Phi) is 10.1. The van der Waals surface area contributed by atoms with E-state index in [-0.39, 0.29) is 37.3 Å². The summed E-state index contributed by atoms with van der Waals surface area (Å²) >= 11 is 0. The van der Waals surface area contributed by atoms with Gasteiger partial charge in [0.05, 0.1) is 18.1 Å². The van der Waals surface area contributed by atoms with Crippen LogP contribution >= 0.6 is 0 Å². The summed E-state index contributed by atoms with van der Waals surface area (Å²) in [5.41, 5.74) is 0.0241. The highest BCUT2D eigenvalue weighted by Gasteiger charge is 2.73. The quantitative estimate of drug-likeness (QED) is 0.193. The number of cyclic esters (lactones) is 1. The number of hydrogen-bond acceptors (Lipinski definition) is 7. The van der Waals surface area contributed by atoms with Crippen molar-refractivity contribution in [2.45, 2.75) is 75.3 Å². The molecule has 2 fully saturated rings. The third-order valence-electron chi connectivity index (χ3n) is 10.7. The average molecular weight is 692 g/mol. The third kappa shape index (κ3) is 6.58. The summed E-state index contributed by atoms with van der Waals surface area (Å²) in [6.45, 7) is 2.42. The Morgan fingerprint density at radius 1 is 0.882 bits per heavy atom. The number of carbonyl (C=O) groups excluding carboxylic acids is 4. The van der Waals surface area contributed by atoms with Crippen LogP contribution < -0.4 is 10.2 Å². The maximum atomic E-state index is 15.1. The molecule has 3 aromatic carbocycles. The lowest BCUT2D eigenvalue weighted by molar-refractivity contribution is -0.161. The van der Waals surface area contributed by atoms with Gasteiger partial charge in [0, 0.05) is 31.8 Å². The second-order valence-corrected chi connectivity index (χ2v) is 14.0. The van der Waals surface area contributed by atoms with Crippen molar-refractivity contribution < 1.29 is 33.8 Å². The molecule has 51 heavy (non-hydrogen) atoms. The lowest BCUT2D eigenvalue weighted by Gasteiger charge is -2.36. The molecule has 0 unspecified atom stereocenters. The van der Waals surface area contributed by atoms with Crippen LogP contribution in [0.3, 0.4) is 0 Å². The predicted molar refractivity (Wildman–Crippen MR) is 192 cm³/mol. The molecule has 10 heteroatoms. The predicted octanol–water partition coefficient (Wildman–Crippen LogP) is 5.02. The SMILES string of the molecule is C[C@H]1NC(=O)CC/C=C\CN(c2ccc3ccccc3c2)C(=O)[C@@H]2N(CCCCCCO)C(=O)[C@H]3[C@H](C(=O)O[C@@H]1c1ccccc1)[C@@H]1C=C[C@]23O1. The maximum Gasteiger partial charge on any atom is 0.313 e. The van der Waals surface area contributed by atoms with Gasteiger partial charge in [-0.15, -0.1) is 0 Å². The molecule has 4 aliphatic heterocycles. The van der Waals surface area contributed by atoms with Gasteiger partial charge in [0.25, 0.3) is 5.91 Å². The van der Waals surface area contributed by atoms with Crippen molar-refractivity contribution in [1.82, 2.24) is 10.2 Å². The Balaban J connectivity index is 1.30. The molecule has 5 bridgehead atoms. The fourth-order valence-corrected chi connectivity index (χ4v) is 8.24. The van der Waals surface area contributed by atoms with Gasteiger partial charge in [-0.1, -0.05) is 97.8 Å². The van der Waals surface area contributed by atoms with Gasteiger partial charge < -0.3 is 29.7 Å². The molecule has 3 amide bonds. The molecule has 4 aliphatic rings. The van der Waals surface area contributed by atoms with Gasteiger partial charge in [-0.2, -0.15) is 0 Å². The first-order valence-electron chi connectivity index (χ1n) is 18.1. The van der Waals surface area contributed by atoms with Crippen LogP contribution in [0.4, 0.5) is 5.69 Å². The van der Waals surface area contributed by atoms with Crippen molar-refractivity contribution in [1.29, 1.82) is 0 Å². The number of anilines is 1. The van der Waals surface area contributed by atoms with E-state index in [1.54, 1.807) is 22.8 Å². The normalized spacial score (nSPS) is 30.1. The molecule has 7 rings (SSSR count). The first-order chi connectivity index (χ1) is 24.8. The minimum absolute atomic E-state index is 0.0965. The van der Waals surface area contributed by atoms with Gasteiger partial charge in [0.1, 0.15) is 23.7 Å². The van der Waals surface area contributed by atoms with Crippen molar-refractivity contribution in [2.75, 3.05) is 24.6 Å².